The van der Waals surface area contributed by atoms with E-state index in [4.69, 9.17) is 28.2 Å². The van der Waals surface area contributed by atoms with Gasteiger partial charge in [-0.2, -0.15) is 0 Å². The fraction of sp³-hybridized carbons (Fsp3) is 0.160. The fourth-order valence-corrected chi connectivity index (χ4v) is 4.40. The van der Waals surface area contributed by atoms with Crippen molar-refractivity contribution in [2.75, 3.05) is 10.6 Å². The van der Waals surface area contributed by atoms with Crippen LogP contribution in [0.5, 0.6) is 0 Å². The molecule has 0 spiro atoms. The molecule has 0 radical (unpaired) electrons. The highest BCUT2D eigenvalue weighted by Crippen LogP contribution is 2.35. The summed E-state index contributed by atoms with van der Waals surface area (Å²) in [4.78, 5) is 30.1. The van der Waals surface area contributed by atoms with Crippen molar-refractivity contribution in [3.05, 3.63) is 93.0 Å². The van der Waals surface area contributed by atoms with Gasteiger partial charge >= 0.3 is 0 Å². The van der Waals surface area contributed by atoms with Crippen LogP contribution in [0.4, 0.5) is 11.4 Å². The highest BCUT2D eigenvalue weighted by Gasteiger charge is 2.29. The molecule has 0 saturated heterocycles. The van der Waals surface area contributed by atoms with Crippen LogP contribution in [0.1, 0.15) is 35.1 Å². The molecule has 0 bridgehead atoms. The van der Waals surface area contributed by atoms with Gasteiger partial charge in [-0.15, -0.1) is 0 Å². The van der Waals surface area contributed by atoms with Crippen molar-refractivity contribution >= 4 is 52.1 Å². The summed E-state index contributed by atoms with van der Waals surface area (Å²) in [5, 5.41) is 7.10. The molecule has 0 saturated carbocycles. The molecule has 0 fully saturated rings. The maximum Gasteiger partial charge on any atom is 0.249 e. The average molecular weight is 464 g/mol. The zero-order valence-corrected chi connectivity index (χ0v) is 18.7. The van der Waals surface area contributed by atoms with E-state index < -0.39 is 6.04 Å². The van der Waals surface area contributed by atoms with Gasteiger partial charge in [-0.25, -0.2) is 0 Å². The number of aliphatic imine (C=N–C) groups is 1. The van der Waals surface area contributed by atoms with Gasteiger partial charge in [0.1, 0.15) is 6.04 Å². The summed E-state index contributed by atoms with van der Waals surface area (Å²) in [5.74, 6) is -0.416. The first-order chi connectivity index (χ1) is 15.4. The quantitative estimate of drug-likeness (QED) is 0.541. The number of fused-ring (bicyclic) bond motifs is 2. The number of benzene rings is 3. The monoisotopic (exact) mass is 463 g/mol. The maximum atomic E-state index is 13.0. The SMILES string of the molecule is CC1C(=O)Nc2cc(C3=NC(Cc4ccc(Cl)cc4)C(=O)Nc4ccc(Cl)cc43)ccc21. The van der Waals surface area contributed by atoms with Gasteiger partial charge in [0.15, 0.2) is 0 Å². The van der Waals surface area contributed by atoms with E-state index in [1.807, 2.05) is 37.3 Å². The molecule has 32 heavy (non-hydrogen) atoms. The third-order valence-corrected chi connectivity index (χ3v) is 6.36. The number of hydrogen-bond donors (Lipinski definition) is 2. The smallest absolute Gasteiger partial charge is 0.249 e. The first kappa shape index (κ1) is 20.7. The van der Waals surface area contributed by atoms with E-state index in [1.54, 1.807) is 30.3 Å². The Morgan fingerprint density at radius 1 is 0.844 bits per heavy atom. The standard InChI is InChI=1S/C25H19Cl2N3O2/c1-13-18-8-4-15(11-21(18)30-24(13)31)23-19-12-17(27)7-9-20(19)29-25(32)22(28-23)10-14-2-5-16(26)6-3-14/h2-9,11-13,22H,10H2,1H3,(H,29,32)(H,30,31). The predicted molar refractivity (Wildman–Crippen MR) is 128 cm³/mol. The van der Waals surface area contributed by atoms with Gasteiger partial charge < -0.3 is 10.6 Å². The highest BCUT2D eigenvalue weighted by atomic mass is 35.5. The third kappa shape index (κ3) is 3.78. The number of nitrogens with zero attached hydrogens (tertiary/aromatic N) is 1. The van der Waals surface area contributed by atoms with Gasteiger partial charge in [-0.1, -0.05) is 47.5 Å². The fourth-order valence-electron chi connectivity index (χ4n) is 4.11. The van der Waals surface area contributed by atoms with E-state index >= 15 is 0 Å². The second-order valence-corrected chi connectivity index (χ2v) is 8.89. The largest absolute Gasteiger partial charge is 0.325 e. The molecule has 2 atom stereocenters. The first-order valence-electron chi connectivity index (χ1n) is 10.3. The minimum atomic E-state index is -0.640. The van der Waals surface area contributed by atoms with Crippen LogP contribution in [0, 0.1) is 0 Å². The topological polar surface area (TPSA) is 70.6 Å². The van der Waals surface area contributed by atoms with Crippen molar-refractivity contribution in [1.29, 1.82) is 0 Å². The summed E-state index contributed by atoms with van der Waals surface area (Å²) in [6.07, 6.45) is 0.424. The van der Waals surface area contributed by atoms with E-state index in [0.29, 0.717) is 27.9 Å². The zero-order chi connectivity index (χ0) is 22.4. The van der Waals surface area contributed by atoms with E-state index in [-0.39, 0.29) is 17.7 Å². The van der Waals surface area contributed by atoms with Gasteiger partial charge in [0.2, 0.25) is 11.8 Å². The van der Waals surface area contributed by atoms with Crippen LogP contribution in [-0.4, -0.2) is 23.6 Å². The molecule has 2 aliphatic rings. The van der Waals surface area contributed by atoms with Crippen LogP contribution in [0.2, 0.25) is 10.0 Å². The van der Waals surface area contributed by atoms with Gasteiger partial charge in [-0.3, -0.25) is 14.6 Å². The molecule has 2 heterocycles. The number of benzodiazepines with no additional fused rings is 1. The maximum absolute atomic E-state index is 13.0. The molecule has 0 aliphatic carbocycles. The second kappa shape index (κ2) is 8.08. The molecule has 2 unspecified atom stereocenters. The lowest BCUT2D eigenvalue weighted by Gasteiger charge is -2.12. The van der Waals surface area contributed by atoms with Crippen LogP contribution < -0.4 is 10.6 Å². The highest BCUT2D eigenvalue weighted by molar-refractivity contribution is 6.32. The Morgan fingerprint density at radius 2 is 1.56 bits per heavy atom. The van der Waals surface area contributed by atoms with Crippen molar-refractivity contribution in [2.24, 2.45) is 4.99 Å². The first-order valence-corrected chi connectivity index (χ1v) is 11.0. The van der Waals surface area contributed by atoms with Gasteiger partial charge in [0, 0.05) is 33.3 Å². The van der Waals surface area contributed by atoms with Gasteiger partial charge in [-0.05, 0) is 54.4 Å². The molecular formula is C25H19Cl2N3O2. The second-order valence-electron chi connectivity index (χ2n) is 8.02. The Bertz CT molecular complexity index is 1280. The number of carbonyl (C=O) groups is 2. The number of amides is 2. The summed E-state index contributed by atoms with van der Waals surface area (Å²) >= 11 is 12.3. The van der Waals surface area contributed by atoms with E-state index in [2.05, 4.69) is 10.6 Å². The summed E-state index contributed by atoms with van der Waals surface area (Å²) in [6, 6.07) is 17.9. The minimum absolute atomic E-state index is 0.0270. The molecule has 5 rings (SSSR count). The van der Waals surface area contributed by atoms with Crippen LogP contribution in [-0.2, 0) is 16.0 Å². The Hall–Kier alpha value is -3.15. The number of hydrogen-bond acceptors (Lipinski definition) is 3. The molecule has 7 heteroatoms. The number of halogens is 2. The average Bonchev–Trinajstić information content (AvgIpc) is 2.98. The molecule has 160 valence electrons. The van der Waals surface area contributed by atoms with Crippen LogP contribution in [0.15, 0.2) is 65.7 Å². The molecule has 5 nitrogen and oxygen atoms in total. The Balaban J connectivity index is 1.62. The summed E-state index contributed by atoms with van der Waals surface area (Å²) in [5.41, 5.74) is 5.51. The molecule has 3 aromatic carbocycles. The zero-order valence-electron chi connectivity index (χ0n) is 17.2. The molecular weight excluding hydrogens is 445 g/mol. The van der Waals surface area contributed by atoms with Crippen LogP contribution in [0.25, 0.3) is 0 Å². The van der Waals surface area contributed by atoms with Crippen molar-refractivity contribution in [2.45, 2.75) is 25.3 Å². The Labute approximate surface area is 195 Å². The van der Waals surface area contributed by atoms with Crippen molar-refractivity contribution in [3.63, 3.8) is 0 Å². The lowest BCUT2D eigenvalue weighted by atomic mass is 9.96. The molecule has 2 N–H and O–H groups in total. The van der Waals surface area contributed by atoms with Crippen molar-refractivity contribution in [3.8, 4) is 0 Å². The van der Waals surface area contributed by atoms with E-state index in [9.17, 15) is 9.59 Å². The molecule has 2 amide bonds. The summed E-state index contributed by atoms with van der Waals surface area (Å²) in [6.45, 7) is 1.88. The predicted octanol–water partition coefficient (Wildman–Crippen LogP) is 5.45. The van der Waals surface area contributed by atoms with Gasteiger partial charge in [0.25, 0.3) is 0 Å². The number of nitrogens with one attached hydrogen (secondary N) is 2. The number of carbonyl (C=O) groups excluding carboxylic acids is 2. The van der Waals surface area contributed by atoms with Crippen LogP contribution in [0.3, 0.4) is 0 Å². The van der Waals surface area contributed by atoms with Crippen molar-refractivity contribution in [1.82, 2.24) is 0 Å². The Morgan fingerprint density at radius 3 is 2.34 bits per heavy atom. The van der Waals surface area contributed by atoms with Gasteiger partial charge in [0.05, 0.1) is 17.3 Å². The van der Waals surface area contributed by atoms with Crippen LogP contribution >= 0.6 is 23.2 Å². The lowest BCUT2D eigenvalue weighted by molar-refractivity contribution is -0.117. The summed E-state index contributed by atoms with van der Waals surface area (Å²) in [7, 11) is 0. The third-order valence-electron chi connectivity index (χ3n) is 5.87. The van der Waals surface area contributed by atoms with E-state index in [0.717, 1.165) is 27.9 Å². The molecule has 0 aromatic heterocycles. The van der Waals surface area contributed by atoms with E-state index in [1.165, 1.54) is 0 Å². The Kier molecular flexibility index (Phi) is 5.24. The number of anilines is 2. The summed E-state index contributed by atoms with van der Waals surface area (Å²) < 4.78 is 0. The van der Waals surface area contributed by atoms with Crippen molar-refractivity contribution < 1.29 is 9.59 Å². The normalized spacial score (nSPS) is 19.4. The number of rotatable bonds is 3. The molecule has 2 aliphatic heterocycles. The lowest BCUT2D eigenvalue weighted by Crippen LogP contribution is -2.27. The molecule has 3 aromatic rings. The minimum Gasteiger partial charge on any atom is -0.325 e.